The van der Waals surface area contributed by atoms with E-state index in [4.69, 9.17) is 4.74 Å². The summed E-state index contributed by atoms with van der Waals surface area (Å²) >= 11 is 0. The number of hydrogen-bond acceptors (Lipinski definition) is 3. The zero-order valence-corrected chi connectivity index (χ0v) is 23.2. The van der Waals surface area contributed by atoms with Crippen LogP contribution >= 0.6 is 7.26 Å². The summed E-state index contributed by atoms with van der Waals surface area (Å²) in [5, 5.41) is 6.95. The maximum absolute atomic E-state index is 13.8. The van der Waals surface area contributed by atoms with Crippen LogP contribution in [0.1, 0.15) is 15.9 Å². The second-order valence-corrected chi connectivity index (χ2v) is 13.0. The molecule has 0 unspecified atom stereocenters. The Kier molecular flexibility index (Phi) is 8.29. The molecule has 1 N–H and O–H groups in total. The van der Waals surface area contributed by atoms with Crippen LogP contribution < -0.4 is 21.2 Å². The van der Waals surface area contributed by atoms with E-state index in [0.29, 0.717) is 5.56 Å². The quantitative estimate of drug-likeness (QED) is 0.156. The van der Waals surface area contributed by atoms with Crippen LogP contribution in [0.5, 0.6) is 0 Å². The molecule has 0 bridgehead atoms. The number of ether oxygens (including phenoxy) is 1. The molecule has 0 saturated heterocycles. The fourth-order valence-corrected chi connectivity index (χ4v) is 10.3. The summed E-state index contributed by atoms with van der Waals surface area (Å²) < 4.78 is 5.37. The number of rotatable bonds is 8. The summed E-state index contributed by atoms with van der Waals surface area (Å²) in [4.78, 5) is 27.4. The molecule has 1 amide bonds. The molecule has 0 aliphatic heterocycles. The third kappa shape index (κ3) is 5.22. The molecule has 4 nitrogen and oxygen atoms in total. The van der Waals surface area contributed by atoms with Gasteiger partial charge in [0.2, 0.25) is 0 Å². The molecular formula is C35H30NO3P. The molecule has 0 fully saturated rings. The topological polar surface area (TPSA) is 55.4 Å². The Morgan fingerprint density at radius 2 is 0.875 bits per heavy atom. The van der Waals surface area contributed by atoms with Crippen molar-refractivity contribution in [2.24, 2.45) is 0 Å². The normalized spacial score (nSPS) is 12.1. The van der Waals surface area contributed by atoms with E-state index >= 15 is 0 Å². The van der Waals surface area contributed by atoms with Gasteiger partial charge in [0.1, 0.15) is 0 Å². The number of carbonyl (C=O) groups is 2. The van der Waals surface area contributed by atoms with E-state index in [2.05, 4.69) is 41.7 Å². The molecule has 198 valence electrons. The van der Waals surface area contributed by atoms with Gasteiger partial charge in [-0.15, -0.1) is 0 Å². The van der Waals surface area contributed by atoms with Crippen molar-refractivity contribution in [1.29, 1.82) is 0 Å². The van der Waals surface area contributed by atoms with E-state index in [9.17, 15) is 9.59 Å². The van der Waals surface area contributed by atoms with Crippen LogP contribution in [0.4, 0.5) is 0 Å². The van der Waals surface area contributed by atoms with Crippen LogP contribution in [0.2, 0.25) is 0 Å². The molecule has 0 heterocycles. The number of amides is 1. The second-order valence-electron chi connectivity index (χ2n) is 9.28. The summed E-state index contributed by atoms with van der Waals surface area (Å²) in [5.41, 5.74) is 1.41. The third-order valence-corrected chi connectivity index (χ3v) is 11.9. The summed E-state index contributed by atoms with van der Waals surface area (Å²) in [6.07, 6.45) is 0. The molecule has 0 spiro atoms. The van der Waals surface area contributed by atoms with Gasteiger partial charge in [-0.3, -0.25) is 0 Å². The molecule has 0 aromatic heterocycles. The maximum atomic E-state index is 13.8. The fraction of sp³-hybridized carbons (Fsp3) is 0.0286. The van der Waals surface area contributed by atoms with Crippen LogP contribution in [0.3, 0.4) is 0 Å². The van der Waals surface area contributed by atoms with Crippen LogP contribution in [0.15, 0.2) is 157 Å². The number of carbonyl (C=O) groups excluding carboxylic acids is 2. The van der Waals surface area contributed by atoms with E-state index < -0.39 is 13.2 Å². The molecule has 5 aromatic rings. The predicted octanol–water partition coefficient (Wildman–Crippen LogP) is 5.68. The van der Waals surface area contributed by atoms with Gasteiger partial charge < -0.3 is 0 Å². The van der Waals surface area contributed by atoms with Crippen molar-refractivity contribution < 1.29 is 14.3 Å². The minimum atomic E-state index is -3.24. The molecule has 5 aromatic carbocycles. The van der Waals surface area contributed by atoms with E-state index in [-0.39, 0.29) is 11.6 Å². The molecule has 0 aliphatic rings. The Morgan fingerprint density at radius 1 is 0.525 bits per heavy atom. The fourth-order valence-electron chi connectivity index (χ4n) is 5.24. The van der Waals surface area contributed by atoms with Crippen molar-refractivity contribution in [1.82, 2.24) is 5.32 Å². The van der Waals surface area contributed by atoms with Crippen molar-refractivity contribution in [2.75, 3.05) is 7.11 Å². The first-order valence-electron chi connectivity index (χ1n) is 13.1. The Balaban J connectivity index is 1.96. The number of benzene rings is 5. The van der Waals surface area contributed by atoms with Gasteiger partial charge in [-0.1, -0.05) is 0 Å². The monoisotopic (exact) mass is 543 g/mol. The van der Waals surface area contributed by atoms with Crippen LogP contribution in [-0.4, -0.2) is 19.0 Å². The molecule has 0 saturated carbocycles. The average molecular weight is 544 g/mol. The minimum absolute atomic E-state index is 0.130. The second kappa shape index (κ2) is 12.4. The van der Waals surface area contributed by atoms with E-state index in [1.165, 1.54) is 7.11 Å². The summed E-state index contributed by atoms with van der Waals surface area (Å²) in [6, 6.07) is 49.5. The number of nitrogens with one attached hydrogen (secondary N) is 1. The van der Waals surface area contributed by atoms with Gasteiger partial charge in [-0.2, -0.15) is 0 Å². The van der Waals surface area contributed by atoms with Gasteiger partial charge in [0.15, 0.2) is 0 Å². The van der Waals surface area contributed by atoms with Gasteiger partial charge in [-0.05, 0) is 0 Å². The molecule has 0 radical (unpaired) electrons. The van der Waals surface area contributed by atoms with Gasteiger partial charge in [0.25, 0.3) is 0 Å². The SMILES string of the molecule is COC(=O)C(NC(=O)c1ccccc1)=C(c1ccccc1)[PH](c1ccccc1)(c1ccccc1)c1ccccc1. The third-order valence-electron chi connectivity index (χ3n) is 6.97. The van der Waals surface area contributed by atoms with Gasteiger partial charge in [-0.25, -0.2) is 0 Å². The molecule has 5 heteroatoms. The van der Waals surface area contributed by atoms with E-state index in [1.807, 2.05) is 91.0 Å². The Hall–Kier alpha value is -4.79. The van der Waals surface area contributed by atoms with Crippen LogP contribution in [0.25, 0.3) is 5.31 Å². The van der Waals surface area contributed by atoms with Gasteiger partial charge >= 0.3 is 236 Å². The van der Waals surface area contributed by atoms with Crippen molar-refractivity contribution in [2.45, 2.75) is 0 Å². The molecule has 40 heavy (non-hydrogen) atoms. The first-order valence-corrected chi connectivity index (χ1v) is 15.1. The summed E-state index contributed by atoms with van der Waals surface area (Å²) in [7, 11) is -1.90. The number of esters is 1. The molecular weight excluding hydrogens is 513 g/mol. The van der Waals surface area contributed by atoms with E-state index in [0.717, 1.165) is 26.8 Å². The first-order chi connectivity index (χ1) is 19.7. The van der Waals surface area contributed by atoms with Crippen molar-refractivity contribution in [3.8, 4) is 0 Å². The Morgan fingerprint density at radius 3 is 1.25 bits per heavy atom. The van der Waals surface area contributed by atoms with Gasteiger partial charge in [0.05, 0.1) is 0 Å². The Labute approximate surface area is 235 Å². The van der Waals surface area contributed by atoms with E-state index in [1.54, 1.807) is 24.3 Å². The molecule has 0 aliphatic carbocycles. The first kappa shape index (κ1) is 26.8. The van der Waals surface area contributed by atoms with Crippen LogP contribution in [-0.2, 0) is 9.53 Å². The van der Waals surface area contributed by atoms with Crippen molar-refractivity contribution in [3.05, 3.63) is 168 Å². The van der Waals surface area contributed by atoms with Crippen LogP contribution in [0, 0.1) is 0 Å². The Bertz CT molecular complexity index is 1510. The van der Waals surface area contributed by atoms with Crippen molar-refractivity contribution in [3.63, 3.8) is 0 Å². The summed E-state index contributed by atoms with van der Waals surface area (Å²) in [6.45, 7) is 0. The van der Waals surface area contributed by atoms with Crippen molar-refractivity contribution >= 4 is 40.4 Å². The predicted molar refractivity (Wildman–Crippen MR) is 166 cm³/mol. The van der Waals surface area contributed by atoms with Gasteiger partial charge in [0, 0.05) is 0 Å². The molecule has 0 atom stereocenters. The average Bonchev–Trinajstić information content (AvgIpc) is 3.04. The zero-order valence-electron chi connectivity index (χ0n) is 22.2. The molecule has 5 rings (SSSR count). The number of methoxy groups -OCH3 is 1. The standard InChI is InChI=1S/C35H30NO3P/c1-39-35(38)32(36-34(37)28-19-9-3-10-20-28)33(27-17-7-2-8-18-27)40(29-21-11-4-12-22-29,30-23-13-5-14-24-30)31-25-15-6-16-26-31/h2-26,40H,1H3,(H,36,37). The zero-order chi connectivity index (χ0) is 27.8. The summed E-state index contributed by atoms with van der Waals surface area (Å²) in [5.74, 6) is -0.991. The number of hydrogen-bond donors (Lipinski definition) is 1.